The van der Waals surface area contributed by atoms with Crippen LogP contribution in [0, 0.1) is 0 Å². The van der Waals surface area contributed by atoms with Gasteiger partial charge in [-0.3, -0.25) is 0 Å². The van der Waals surface area contributed by atoms with Gasteiger partial charge in [-0.2, -0.15) is 0 Å². The lowest BCUT2D eigenvalue weighted by Gasteiger charge is -2.16. The topological polar surface area (TPSA) is 91.5 Å². The first kappa shape index (κ1) is 12.6. The molecular weight excluding hydrogens is 232 g/mol. The third-order valence-corrected chi connectivity index (χ3v) is 3.11. The number of aromatic nitrogens is 1. The molecule has 6 nitrogen and oxygen atoms in total. The van der Waals surface area contributed by atoms with Crippen molar-refractivity contribution in [3.63, 3.8) is 0 Å². The number of carbonyl (C=O) groups is 1. The summed E-state index contributed by atoms with van der Waals surface area (Å²) in [6, 6.07) is 2.07. The molecule has 0 bridgehead atoms. The minimum Gasteiger partial charge on any atom is -0.478 e. The normalized spacial score (nSPS) is 14.8. The first-order valence-electron chi connectivity index (χ1n) is 6.01. The van der Waals surface area contributed by atoms with E-state index in [4.69, 9.17) is 10.8 Å². The van der Waals surface area contributed by atoms with Gasteiger partial charge in [0, 0.05) is 19.1 Å². The van der Waals surface area contributed by atoms with E-state index in [0.717, 1.165) is 6.54 Å². The summed E-state index contributed by atoms with van der Waals surface area (Å²) in [5.41, 5.74) is 6.16. The van der Waals surface area contributed by atoms with Gasteiger partial charge >= 0.3 is 5.97 Å². The number of likely N-dealkylation sites (N-methyl/N-ethyl adjacent to an activating group) is 1. The van der Waals surface area contributed by atoms with Gasteiger partial charge in [0.05, 0.1) is 17.4 Å². The van der Waals surface area contributed by atoms with Gasteiger partial charge in [-0.05, 0) is 26.0 Å². The van der Waals surface area contributed by atoms with Crippen molar-refractivity contribution in [2.45, 2.75) is 18.9 Å². The Labute approximate surface area is 106 Å². The minimum atomic E-state index is -0.998. The Hall–Kier alpha value is -1.82. The zero-order chi connectivity index (χ0) is 13.1. The fraction of sp³-hybridized carbons (Fsp3) is 0.500. The van der Waals surface area contributed by atoms with E-state index in [1.54, 1.807) is 0 Å². The molecule has 1 saturated carbocycles. The second kappa shape index (κ2) is 5.22. The van der Waals surface area contributed by atoms with Gasteiger partial charge in [0.2, 0.25) is 0 Å². The van der Waals surface area contributed by atoms with Gasteiger partial charge in [-0.25, -0.2) is 9.78 Å². The highest BCUT2D eigenvalue weighted by molar-refractivity contribution is 5.94. The average Bonchev–Trinajstić information content (AvgIpc) is 3.14. The van der Waals surface area contributed by atoms with Crippen molar-refractivity contribution in [2.24, 2.45) is 0 Å². The van der Waals surface area contributed by atoms with Gasteiger partial charge in [-0.1, -0.05) is 0 Å². The van der Waals surface area contributed by atoms with E-state index in [1.807, 2.05) is 0 Å². The van der Waals surface area contributed by atoms with Crippen molar-refractivity contribution in [1.29, 1.82) is 0 Å². The van der Waals surface area contributed by atoms with Crippen LogP contribution >= 0.6 is 0 Å². The van der Waals surface area contributed by atoms with Gasteiger partial charge in [0.15, 0.2) is 0 Å². The smallest absolute Gasteiger partial charge is 0.337 e. The average molecular weight is 250 g/mol. The molecule has 0 unspecified atom stereocenters. The summed E-state index contributed by atoms with van der Waals surface area (Å²) in [5.74, 6) is -0.782. The fourth-order valence-corrected chi connectivity index (χ4v) is 1.85. The number of pyridine rings is 1. The number of nitrogens with one attached hydrogen (secondary N) is 1. The Morgan fingerprint density at radius 3 is 3.00 bits per heavy atom. The summed E-state index contributed by atoms with van der Waals surface area (Å²) >= 11 is 0. The molecule has 1 fully saturated rings. The second-order valence-corrected chi connectivity index (χ2v) is 4.60. The van der Waals surface area contributed by atoms with Crippen LogP contribution < -0.4 is 11.1 Å². The number of nitrogens with two attached hydrogens (primary N) is 1. The Balaban J connectivity index is 1.93. The van der Waals surface area contributed by atoms with Crippen LogP contribution in [0.1, 0.15) is 23.2 Å². The van der Waals surface area contributed by atoms with Crippen LogP contribution in [0.2, 0.25) is 0 Å². The molecule has 2 rings (SSSR count). The third-order valence-electron chi connectivity index (χ3n) is 3.11. The summed E-state index contributed by atoms with van der Waals surface area (Å²) in [6.07, 6.45) is 4.00. The zero-order valence-corrected chi connectivity index (χ0v) is 10.4. The standard InChI is InChI=1S/C12H18N4O2/c1-16(8-2-3-8)5-4-14-10-7-15-11(13)6-9(10)12(17)18/h6-8,14H,2-5H2,1H3,(H2,13,15)(H,17,18). The summed E-state index contributed by atoms with van der Waals surface area (Å²) in [4.78, 5) is 17.2. The predicted octanol–water partition coefficient (Wildman–Crippen LogP) is 0.868. The van der Waals surface area contributed by atoms with E-state index in [9.17, 15) is 4.79 Å². The predicted molar refractivity (Wildman–Crippen MR) is 69.8 cm³/mol. The maximum atomic E-state index is 11.1. The highest BCUT2D eigenvalue weighted by Gasteiger charge is 2.25. The van der Waals surface area contributed by atoms with Crippen LogP contribution in [-0.2, 0) is 0 Å². The Morgan fingerprint density at radius 2 is 2.39 bits per heavy atom. The number of rotatable bonds is 6. The van der Waals surface area contributed by atoms with Crippen molar-refractivity contribution in [1.82, 2.24) is 9.88 Å². The molecule has 0 radical (unpaired) electrons. The second-order valence-electron chi connectivity index (χ2n) is 4.60. The summed E-state index contributed by atoms with van der Waals surface area (Å²) < 4.78 is 0. The third kappa shape index (κ3) is 3.10. The molecule has 1 heterocycles. The number of carboxylic acid groups (broad SMARTS) is 1. The minimum absolute atomic E-state index is 0.163. The molecule has 1 aromatic heterocycles. The lowest BCUT2D eigenvalue weighted by Crippen LogP contribution is -2.27. The first-order valence-corrected chi connectivity index (χ1v) is 6.01. The summed E-state index contributed by atoms with van der Waals surface area (Å²) in [7, 11) is 2.08. The van der Waals surface area contributed by atoms with E-state index in [-0.39, 0.29) is 11.4 Å². The number of nitrogen functional groups attached to an aromatic ring is 1. The Morgan fingerprint density at radius 1 is 1.67 bits per heavy atom. The number of carboxylic acids is 1. The quantitative estimate of drug-likeness (QED) is 0.694. The van der Waals surface area contributed by atoms with Crippen LogP contribution in [0.3, 0.4) is 0 Å². The van der Waals surface area contributed by atoms with Crippen molar-refractivity contribution < 1.29 is 9.90 Å². The molecule has 0 aliphatic heterocycles. The van der Waals surface area contributed by atoms with Gasteiger partial charge < -0.3 is 21.1 Å². The number of anilines is 2. The highest BCUT2D eigenvalue weighted by Crippen LogP contribution is 2.24. The molecule has 18 heavy (non-hydrogen) atoms. The molecule has 0 spiro atoms. The lowest BCUT2D eigenvalue weighted by molar-refractivity contribution is 0.0698. The molecule has 0 atom stereocenters. The van der Waals surface area contributed by atoms with Crippen molar-refractivity contribution in [3.05, 3.63) is 17.8 Å². The highest BCUT2D eigenvalue weighted by atomic mass is 16.4. The van der Waals surface area contributed by atoms with Crippen LogP contribution in [0.15, 0.2) is 12.3 Å². The number of aromatic carboxylic acids is 1. The molecule has 6 heteroatoms. The molecule has 1 aliphatic rings. The molecule has 0 amide bonds. The molecule has 0 saturated heterocycles. The van der Waals surface area contributed by atoms with E-state index in [0.29, 0.717) is 18.3 Å². The SMILES string of the molecule is CN(CCNc1cnc(N)cc1C(=O)O)C1CC1. The Bertz CT molecular complexity index is 446. The number of nitrogens with zero attached hydrogens (tertiary/aromatic N) is 2. The zero-order valence-electron chi connectivity index (χ0n) is 10.4. The van der Waals surface area contributed by atoms with E-state index in [1.165, 1.54) is 25.1 Å². The van der Waals surface area contributed by atoms with E-state index < -0.39 is 5.97 Å². The molecule has 98 valence electrons. The summed E-state index contributed by atoms with van der Waals surface area (Å²) in [5, 5.41) is 12.2. The maximum absolute atomic E-state index is 11.1. The van der Waals surface area contributed by atoms with Crippen LogP contribution in [0.4, 0.5) is 11.5 Å². The monoisotopic (exact) mass is 250 g/mol. The number of hydrogen-bond donors (Lipinski definition) is 3. The Kier molecular flexibility index (Phi) is 3.66. The fourth-order valence-electron chi connectivity index (χ4n) is 1.85. The summed E-state index contributed by atoms with van der Waals surface area (Å²) in [6.45, 7) is 1.58. The van der Waals surface area contributed by atoms with Gasteiger partial charge in [0.1, 0.15) is 5.82 Å². The van der Waals surface area contributed by atoms with Gasteiger partial charge in [-0.15, -0.1) is 0 Å². The van der Waals surface area contributed by atoms with Gasteiger partial charge in [0.25, 0.3) is 0 Å². The molecule has 0 aromatic carbocycles. The maximum Gasteiger partial charge on any atom is 0.337 e. The number of hydrogen-bond acceptors (Lipinski definition) is 5. The molecule has 1 aliphatic carbocycles. The lowest BCUT2D eigenvalue weighted by atomic mass is 10.2. The molecular formula is C12H18N4O2. The molecule has 4 N–H and O–H groups in total. The van der Waals surface area contributed by atoms with Crippen molar-refractivity contribution >= 4 is 17.5 Å². The van der Waals surface area contributed by atoms with Crippen LogP contribution in [-0.4, -0.2) is 47.1 Å². The van der Waals surface area contributed by atoms with E-state index >= 15 is 0 Å². The molecule has 1 aromatic rings. The van der Waals surface area contributed by atoms with Crippen molar-refractivity contribution in [3.8, 4) is 0 Å². The first-order chi connectivity index (χ1) is 8.58. The largest absolute Gasteiger partial charge is 0.478 e. The van der Waals surface area contributed by atoms with E-state index in [2.05, 4.69) is 22.2 Å². The van der Waals surface area contributed by atoms with Crippen LogP contribution in [0.5, 0.6) is 0 Å². The van der Waals surface area contributed by atoms with Crippen LogP contribution in [0.25, 0.3) is 0 Å². The van der Waals surface area contributed by atoms with Crippen molar-refractivity contribution in [2.75, 3.05) is 31.2 Å².